The molecule has 0 unspecified atom stereocenters. The summed E-state index contributed by atoms with van der Waals surface area (Å²) in [6.45, 7) is 0.0872. The lowest BCUT2D eigenvalue weighted by molar-refractivity contribution is 0.0975. The van der Waals surface area contributed by atoms with Crippen LogP contribution in [-0.2, 0) is 6.54 Å². The van der Waals surface area contributed by atoms with Gasteiger partial charge in [-0.15, -0.1) is 0 Å². The van der Waals surface area contributed by atoms with Gasteiger partial charge in [-0.1, -0.05) is 11.6 Å². The number of ketones is 1. The lowest BCUT2D eigenvalue weighted by atomic mass is 10.1. The van der Waals surface area contributed by atoms with Crippen LogP contribution in [0.5, 0.6) is 11.5 Å². The van der Waals surface area contributed by atoms with Gasteiger partial charge in [0.05, 0.1) is 40.7 Å². The molecule has 2 aromatic carbocycles. The van der Waals surface area contributed by atoms with Gasteiger partial charge in [0.2, 0.25) is 0 Å². The SMILES string of the molecule is N#Cc1cc2c(cc1Cl)ncn2CC(=O)c1c[nH]c2cc(Oc3cccnc3)ccc12. The molecule has 5 rings (SSSR count). The summed E-state index contributed by atoms with van der Waals surface area (Å²) in [6.07, 6.45) is 6.58. The average molecular weight is 428 g/mol. The molecular weight excluding hydrogens is 414 g/mol. The number of hydrogen-bond acceptors (Lipinski definition) is 5. The molecule has 0 saturated heterocycles. The van der Waals surface area contributed by atoms with Gasteiger partial charge in [0.25, 0.3) is 0 Å². The Morgan fingerprint density at radius 1 is 1.23 bits per heavy atom. The number of aromatic nitrogens is 4. The summed E-state index contributed by atoms with van der Waals surface area (Å²) in [7, 11) is 0. The minimum atomic E-state index is -0.0834. The number of rotatable bonds is 5. The van der Waals surface area contributed by atoms with Crippen molar-refractivity contribution < 1.29 is 9.53 Å². The molecular formula is C23H14ClN5O2. The highest BCUT2D eigenvalue weighted by molar-refractivity contribution is 6.32. The molecule has 0 spiro atoms. The number of Topliss-reactive ketones (excluding diaryl/α,β-unsaturated/α-hetero) is 1. The maximum atomic E-state index is 13.0. The van der Waals surface area contributed by atoms with E-state index in [0.29, 0.717) is 38.7 Å². The van der Waals surface area contributed by atoms with Crippen LogP contribution in [-0.4, -0.2) is 25.3 Å². The zero-order valence-electron chi connectivity index (χ0n) is 16.0. The first-order chi connectivity index (χ1) is 15.1. The lowest BCUT2D eigenvalue weighted by Gasteiger charge is -2.06. The van der Waals surface area contributed by atoms with E-state index in [4.69, 9.17) is 16.3 Å². The van der Waals surface area contributed by atoms with Gasteiger partial charge < -0.3 is 14.3 Å². The molecule has 150 valence electrons. The van der Waals surface area contributed by atoms with Crippen LogP contribution in [0.25, 0.3) is 21.9 Å². The Labute approximate surface area is 181 Å². The van der Waals surface area contributed by atoms with E-state index in [9.17, 15) is 10.1 Å². The maximum Gasteiger partial charge on any atom is 0.184 e. The molecule has 1 N–H and O–H groups in total. The normalized spacial score (nSPS) is 11.0. The van der Waals surface area contributed by atoms with E-state index in [1.807, 2.05) is 24.3 Å². The molecule has 31 heavy (non-hydrogen) atoms. The van der Waals surface area contributed by atoms with Crippen LogP contribution in [0, 0.1) is 11.3 Å². The Hall–Kier alpha value is -4.15. The van der Waals surface area contributed by atoms with E-state index in [1.54, 1.807) is 47.7 Å². The second-order valence-corrected chi connectivity index (χ2v) is 7.34. The monoisotopic (exact) mass is 427 g/mol. The summed E-state index contributed by atoms with van der Waals surface area (Å²) in [5.74, 6) is 1.19. The third-order valence-corrected chi connectivity index (χ3v) is 5.28. The Balaban J connectivity index is 1.43. The first kappa shape index (κ1) is 18.9. The van der Waals surface area contributed by atoms with E-state index in [1.165, 1.54) is 0 Å². The number of carbonyl (C=O) groups excluding carboxylic acids is 1. The van der Waals surface area contributed by atoms with Crippen LogP contribution in [0.1, 0.15) is 15.9 Å². The van der Waals surface area contributed by atoms with Crippen molar-refractivity contribution in [3.8, 4) is 17.6 Å². The summed E-state index contributed by atoms with van der Waals surface area (Å²) in [6, 6.07) is 14.5. The molecule has 3 heterocycles. The number of H-pyrrole nitrogens is 1. The third kappa shape index (κ3) is 3.50. The zero-order valence-corrected chi connectivity index (χ0v) is 16.8. The van der Waals surface area contributed by atoms with Crippen LogP contribution >= 0.6 is 11.6 Å². The summed E-state index contributed by atoms with van der Waals surface area (Å²) >= 11 is 6.07. The van der Waals surface area contributed by atoms with Gasteiger partial charge in [-0.3, -0.25) is 9.78 Å². The highest BCUT2D eigenvalue weighted by Gasteiger charge is 2.16. The predicted molar refractivity (Wildman–Crippen MR) is 116 cm³/mol. The summed E-state index contributed by atoms with van der Waals surface area (Å²) in [5.41, 5.74) is 3.02. The first-order valence-corrected chi connectivity index (χ1v) is 9.77. The number of hydrogen-bond donors (Lipinski definition) is 1. The Morgan fingerprint density at radius 2 is 2.13 bits per heavy atom. The van der Waals surface area contributed by atoms with Crippen molar-refractivity contribution in [2.75, 3.05) is 0 Å². The van der Waals surface area contributed by atoms with Gasteiger partial charge in [-0.05, 0) is 36.4 Å². The van der Waals surface area contributed by atoms with Crippen molar-refractivity contribution in [2.45, 2.75) is 6.54 Å². The number of fused-ring (bicyclic) bond motifs is 2. The number of carbonyl (C=O) groups is 1. The highest BCUT2D eigenvalue weighted by Crippen LogP contribution is 2.28. The predicted octanol–water partition coefficient (Wildman–Crippen LogP) is 5.11. The Kier molecular flexibility index (Phi) is 4.62. The van der Waals surface area contributed by atoms with Crippen molar-refractivity contribution >= 4 is 39.3 Å². The number of ether oxygens (including phenoxy) is 1. The Bertz CT molecular complexity index is 1480. The van der Waals surface area contributed by atoms with E-state index in [2.05, 4.69) is 21.0 Å². The quantitative estimate of drug-likeness (QED) is 0.393. The van der Waals surface area contributed by atoms with Crippen LogP contribution in [0.2, 0.25) is 5.02 Å². The number of pyridine rings is 1. The van der Waals surface area contributed by atoms with Crippen LogP contribution in [0.15, 0.2) is 67.4 Å². The number of nitrogens with one attached hydrogen (secondary N) is 1. The van der Waals surface area contributed by atoms with E-state index in [0.717, 1.165) is 10.9 Å². The maximum absolute atomic E-state index is 13.0. The fourth-order valence-corrected chi connectivity index (χ4v) is 3.67. The van der Waals surface area contributed by atoms with Crippen molar-refractivity contribution in [1.29, 1.82) is 5.26 Å². The second kappa shape index (κ2) is 7.59. The van der Waals surface area contributed by atoms with Gasteiger partial charge in [-0.2, -0.15) is 5.26 Å². The summed E-state index contributed by atoms with van der Waals surface area (Å²) in [4.78, 5) is 24.5. The third-order valence-electron chi connectivity index (χ3n) is 4.97. The number of imidazole rings is 1. The molecule has 8 heteroatoms. The van der Waals surface area contributed by atoms with Crippen molar-refractivity contribution in [2.24, 2.45) is 0 Å². The molecule has 7 nitrogen and oxygen atoms in total. The molecule has 0 saturated carbocycles. The van der Waals surface area contributed by atoms with E-state index < -0.39 is 0 Å². The van der Waals surface area contributed by atoms with Crippen molar-refractivity contribution in [1.82, 2.24) is 19.5 Å². The van der Waals surface area contributed by atoms with Gasteiger partial charge in [0, 0.05) is 34.9 Å². The molecule has 0 amide bonds. The molecule has 0 aliphatic carbocycles. The second-order valence-electron chi connectivity index (χ2n) is 6.93. The molecule has 0 fully saturated rings. The molecule has 0 radical (unpaired) electrons. The summed E-state index contributed by atoms with van der Waals surface area (Å²) in [5, 5.41) is 10.4. The van der Waals surface area contributed by atoms with Crippen molar-refractivity contribution in [3.05, 3.63) is 83.5 Å². The number of benzene rings is 2. The molecule has 0 atom stereocenters. The van der Waals surface area contributed by atoms with Gasteiger partial charge in [-0.25, -0.2) is 4.98 Å². The highest BCUT2D eigenvalue weighted by atomic mass is 35.5. The van der Waals surface area contributed by atoms with E-state index in [-0.39, 0.29) is 12.3 Å². The fourth-order valence-electron chi connectivity index (χ4n) is 3.47. The standard InChI is InChI=1S/C23H14ClN5O2/c24-19-8-21-22(6-14(19)9-25)29(13-28-21)12-23(30)18-11-27-20-7-15(3-4-17(18)20)31-16-2-1-5-26-10-16/h1-8,10-11,13,27H,12H2. The number of aromatic amines is 1. The Morgan fingerprint density at radius 3 is 2.94 bits per heavy atom. The van der Waals surface area contributed by atoms with Crippen LogP contribution in [0.4, 0.5) is 0 Å². The largest absolute Gasteiger partial charge is 0.456 e. The lowest BCUT2D eigenvalue weighted by Crippen LogP contribution is -2.09. The molecule has 0 bridgehead atoms. The van der Waals surface area contributed by atoms with Gasteiger partial charge in [0.1, 0.15) is 17.6 Å². The van der Waals surface area contributed by atoms with Crippen LogP contribution in [0.3, 0.4) is 0 Å². The van der Waals surface area contributed by atoms with Crippen LogP contribution < -0.4 is 4.74 Å². The number of halogens is 1. The molecule has 3 aromatic heterocycles. The minimum Gasteiger partial charge on any atom is -0.456 e. The molecule has 0 aliphatic heterocycles. The topological polar surface area (TPSA) is 96.6 Å². The van der Waals surface area contributed by atoms with Gasteiger partial charge >= 0.3 is 0 Å². The average Bonchev–Trinajstić information content (AvgIpc) is 3.37. The summed E-state index contributed by atoms with van der Waals surface area (Å²) < 4.78 is 7.52. The van der Waals surface area contributed by atoms with Gasteiger partial charge in [0.15, 0.2) is 5.78 Å². The minimum absolute atomic E-state index is 0.0834. The van der Waals surface area contributed by atoms with E-state index >= 15 is 0 Å². The smallest absolute Gasteiger partial charge is 0.184 e. The fraction of sp³-hybridized carbons (Fsp3) is 0.0435. The molecule has 0 aliphatic rings. The zero-order chi connectivity index (χ0) is 21.4. The number of nitriles is 1. The number of nitrogens with zero attached hydrogens (tertiary/aromatic N) is 4. The molecule has 5 aromatic rings. The first-order valence-electron chi connectivity index (χ1n) is 9.39. The van der Waals surface area contributed by atoms with Crippen molar-refractivity contribution in [3.63, 3.8) is 0 Å².